The molecule has 0 unspecified atom stereocenters. The van der Waals surface area contributed by atoms with Crippen molar-refractivity contribution in [3.8, 4) is 22.3 Å². The molecule has 1 fully saturated rings. The number of hydrogen-bond acceptors (Lipinski definition) is 4. The van der Waals surface area contributed by atoms with Gasteiger partial charge in [-0.25, -0.2) is 9.50 Å². The van der Waals surface area contributed by atoms with E-state index in [1.165, 1.54) is 16.8 Å². The van der Waals surface area contributed by atoms with Gasteiger partial charge in [-0.2, -0.15) is 5.10 Å². The number of rotatable bonds is 5. The van der Waals surface area contributed by atoms with Crippen molar-refractivity contribution in [2.75, 3.05) is 18.0 Å². The number of piperazine rings is 1. The van der Waals surface area contributed by atoms with Crippen LogP contribution in [-0.2, 0) is 6.42 Å². The summed E-state index contributed by atoms with van der Waals surface area (Å²) >= 11 is 0. The van der Waals surface area contributed by atoms with Gasteiger partial charge in [0.1, 0.15) is 0 Å². The van der Waals surface area contributed by atoms with Crippen LogP contribution in [0.15, 0.2) is 67.1 Å². The maximum absolute atomic E-state index is 4.79. The van der Waals surface area contributed by atoms with E-state index in [4.69, 9.17) is 4.98 Å². The lowest BCUT2D eigenvalue weighted by Crippen LogP contribution is -2.55. The summed E-state index contributed by atoms with van der Waals surface area (Å²) < 4.78 is 1.89. The lowest BCUT2D eigenvalue weighted by Gasteiger charge is -2.41. The normalized spacial score (nSPS) is 18.9. The molecule has 1 saturated heterocycles. The Labute approximate surface area is 190 Å². The van der Waals surface area contributed by atoms with E-state index in [2.05, 4.69) is 90.8 Å². The number of aryl methyl sites for hydroxylation is 1. The number of aromatic nitrogens is 3. The number of hydrogen-bond donors (Lipinski definition) is 1. The minimum Gasteiger partial charge on any atom is -0.364 e. The van der Waals surface area contributed by atoms with Crippen molar-refractivity contribution in [2.24, 2.45) is 0 Å². The predicted octanol–water partition coefficient (Wildman–Crippen LogP) is 5.20. The Bertz CT molecular complexity index is 1200. The second-order valence-electron chi connectivity index (χ2n) is 8.93. The molecule has 1 N–H and O–H groups in total. The fourth-order valence-electron chi connectivity index (χ4n) is 4.88. The number of anilines is 1. The van der Waals surface area contributed by atoms with Gasteiger partial charge >= 0.3 is 0 Å². The molecular formula is C27H31N5. The molecular weight excluding hydrogens is 394 g/mol. The monoisotopic (exact) mass is 425 g/mol. The Morgan fingerprint density at radius 2 is 1.72 bits per heavy atom. The van der Waals surface area contributed by atoms with E-state index >= 15 is 0 Å². The first-order valence-corrected chi connectivity index (χ1v) is 11.7. The van der Waals surface area contributed by atoms with E-state index in [-0.39, 0.29) is 0 Å². The first kappa shape index (κ1) is 20.7. The summed E-state index contributed by atoms with van der Waals surface area (Å²) in [7, 11) is 0. The molecule has 0 saturated carbocycles. The quantitative estimate of drug-likeness (QED) is 0.477. The van der Waals surface area contributed by atoms with Crippen LogP contribution < -0.4 is 10.2 Å². The van der Waals surface area contributed by atoms with Gasteiger partial charge in [0.2, 0.25) is 0 Å². The summed E-state index contributed by atoms with van der Waals surface area (Å²) in [5, 5.41) is 8.11. The van der Waals surface area contributed by atoms with Gasteiger partial charge in [-0.3, -0.25) is 0 Å². The minimum atomic E-state index is 0.487. The van der Waals surface area contributed by atoms with Gasteiger partial charge in [0.15, 0.2) is 5.65 Å². The van der Waals surface area contributed by atoms with Gasteiger partial charge in [0, 0.05) is 54.4 Å². The first-order chi connectivity index (χ1) is 15.6. The van der Waals surface area contributed by atoms with E-state index in [1.54, 1.807) is 0 Å². The third-order valence-electron chi connectivity index (χ3n) is 6.46. The van der Waals surface area contributed by atoms with E-state index < -0.39 is 0 Å². The second-order valence-corrected chi connectivity index (χ2v) is 8.93. The van der Waals surface area contributed by atoms with Crippen LogP contribution >= 0.6 is 0 Å². The maximum atomic E-state index is 4.79. The van der Waals surface area contributed by atoms with Gasteiger partial charge in [0.05, 0.1) is 6.20 Å². The van der Waals surface area contributed by atoms with Crippen molar-refractivity contribution < 1.29 is 0 Å². The Morgan fingerprint density at radius 1 is 0.938 bits per heavy atom. The minimum absolute atomic E-state index is 0.487. The number of nitrogens with one attached hydrogen (secondary N) is 1. The van der Waals surface area contributed by atoms with Crippen LogP contribution in [0.3, 0.4) is 0 Å². The molecule has 5 nitrogen and oxygen atoms in total. The van der Waals surface area contributed by atoms with Crippen molar-refractivity contribution in [1.82, 2.24) is 19.9 Å². The zero-order chi connectivity index (χ0) is 22.1. The Balaban J connectivity index is 1.43. The van der Waals surface area contributed by atoms with Gasteiger partial charge in [0.25, 0.3) is 0 Å². The van der Waals surface area contributed by atoms with Crippen LogP contribution in [0.25, 0.3) is 27.9 Å². The topological polar surface area (TPSA) is 45.5 Å². The summed E-state index contributed by atoms with van der Waals surface area (Å²) in [6.45, 7) is 8.82. The average molecular weight is 426 g/mol. The SMILES string of the molecule is CCCc1cccc(-c2cnn3cc(-c4ccc(N5[C@H](C)CNC[C@@H]5C)cc4)cnc23)c1. The Morgan fingerprint density at radius 3 is 2.47 bits per heavy atom. The molecule has 1 aliphatic heterocycles. The summed E-state index contributed by atoms with van der Waals surface area (Å²) in [4.78, 5) is 7.30. The lowest BCUT2D eigenvalue weighted by molar-refractivity contribution is 0.432. The van der Waals surface area contributed by atoms with Gasteiger partial charge < -0.3 is 10.2 Å². The van der Waals surface area contributed by atoms with Crippen LogP contribution in [0.4, 0.5) is 5.69 Å². The molecule has 5 rings (SSSR count). The molecule has 32 heavy (non-hydrogen) atoms. The smallest absolute Gasteiger partial charge is 0.162 e. The standard InChI is InChI=1S/C27H31N5/c1-4-6-21-7-5-8-23(13-21)26-17-30-31-18-24(16-29-27(26)31)22-9-11-25(12-10-22)32-19(2)14-28-15-20(32)3/h5,7-13,16-20,28H,4,6,14-15H2,1-3H3/t19-,20+. The van der Waals surface area contributed by atoms with Crippen molar-refractivity contribution in [3.63, 3.8) is 0 Å². The molecule has 0 amide bonds. The molecule has 5 heteroatoms. The highest BCUT2D eigenvalue weighted by atomic mass is 15.2. The van der Waals surface area contributed by atoms with Crippen LogP contribution in [0.1, 0.15) is 32.8 Å². The summed E-state index contributed by atoms with van der Waals surface area (Å²) in [6.07, 6.45) is 8.19. The van der Waals surface area contributed by atoms with E-state index in [1.807, 2.05) is 16.9 Å². The molecule has 3 heterocycles. The van der Waals surface area contributed by atoms with Crippen molar-refractivity contribution in [3.05, 3.63) is 72.7 Å². The molecule has 0 spiro atoms. The highest BCUT2D eigenvalue weighted by Gasteiger charge is 2.24. The highest BCUT2D eigenvalue weighted by Crippen LogP contribution is 2.29. The Kier molecular flexibility index (Phi) is 5.66. The van der Waals surface area contributed by atoms with Gasteiger partial charge in [-0.1, -0.05) is 49.7 Å². The molecule has 1 aliphatic rings. The number of fused-ring (bicyclic) bond motifs is 1. The van der Waals surface area contributed by atoms with Crippen LogP contribution in [-0.4, -0.2) is 39.8 Å². The lowest BCUT2D eigenvalue weighted by atomic mass is 10.0. The molecule has 164 valence electrons. The molecule has 2 aromatic carbocycles. The molecule has 0 radical (unpaired) electrons. The molecule has 2 aromatic heterocycles. The number of benzene rings is 2. The molecule has 4 aromatic rings. The van der Waals surface area contributed by atoms with Crippen molar-refractivity contribution in [2.45, 2.75) is 45.7 Å². The zero-order valence-electron chi connectivity index (χ0n) is 19.1. The van der Waals surface area contributed by atoms with Crippen molar-refractivity contribution in [1.29, 1.82) is 0 Å². The predicted molar refractivity (Wildman–Crippen MR) is 132 cm³/mol. The fraction of sp³-hybridized carbons (Fsp3) is 0.333. The van der Waals surface area contributed by atoms with E-state index in [9.17, 15) is 0 Å². The Hall–Kier alpha value is -3.18. The maximum Gasteiger partial charge on any atom is 0.162 e. The van der Waals surface area contributed by atoms with Crippen LogP contribution in [0.2, 0.25) is 0 Å². The summed E-state index contributed by atoms with van der Waals surface area (Å²) in [5.74, 6) is 0. The molecule has 0 bridgehead atoms. The third-order valence-corrected chi connectivity index (χ3v) is 6.46. The fourth-order valence-corrected chi connectivity index (χ4v) is 4.88. The second kappa shape index (κ2) is 8.75. The van der Waals surface area contributed by atoms with E-state index in [0.29, 0.717) is 12.1 Å². The first-order valence-electron chi connectivity index (χ1n) is 11.7. The average Bonchev–Trinajstić information content (AvgIpc) is 3.23. The third kappa shape index (κ3) is 3.89. The summed E-state index contributed by atoms with van der Waals surface area (Å²) in [5.41, 5.74) is 8.00. The van der Waals surface area contributed by atoms with E-state index in [0.717, 1.165) is 48.3 Å². The van der Waals surface area contributed by atoms with Crippen molar-refractivity contribution >= 4 is 11.3 Å². The summed E-state index contributed by atoms with van der Waals surface area (Å²) in [6, 6.07) is 18.5. The molecule has 0 aliphatic carbocycles. The number of nitrogens with zero attached hydrogens (tertiary/aromatic N) is 4. The highest BCUT2D eigenvalue weighted by molar-refractivity contribution is 5.78. The van der Waals surface area contributed by atoms with Gasteiger partial charge in [-0.05, 0) is 49.1 Å². The van der Waals surface area contributed by atoms with Crippen LogP contribution in [0, 0.1) is 0 Å². The molecule has 2 atom stereocenters. The van der Waals surface area contributed by atoms with Gasteiger partial charge in [-0.15, -0.1) is 0 Å². The van der Waals surface area contributed by atoms with Crippen LogP contribution in [0.5, 0.6) is 0 Å². The largest absolute Gasteiger partial charge is 0.364 e. The zero-order valence-corrected chi connectivity index (χ0v) is 19.1.